The minimum Gasteiger partial charge on any atom is -0.373 e. The Kier molecular flexibility index (Phi) is 7.28. The van der Waals surface area contributed by atoms with Crippen LogP contribution in [0.25, 0.3) is 0 Å². The molecule has 1 fully saturated rings. The maximum atomic E-state index is 12.2. The molecule has 1 rings (SSSR count). The second-order valence-electron chi connectivity index (χ2n) is 5.35. The molecule has 2 atom stereocenters. The molecule has 0 radical (unpaired) electrons. The van der Waals surface area contributed by atoms with Crippen molar-refractivity contribution >= 4 is 10.0 Å². The van der Waals surface area contributed by atoms with Gasteiger partial charge in [-0.2, -0.15) is 4.31 Å². The molecule has 0 saturated carbocycles. The third-order valence-electron chi connectivity index (χ3n) is 3.21. The van der Waals surface area contributed by atoms with Gasteiger partial charge in [-0.05, 0) is 46.2 Å². The zero-order chi connectivity index (χ0) is 14.3. The normalized spacial score (nSPS) is 25.6. The number of hydrogen-bond donors (Lipinski definition) is 1. The highest BCUT2D eigenvalue weighted by molar-refractivity contribution is 7.89. The molecule has 19 heavy (non-hydrogen) atoms. The number of morpholine rings is 1. The first-order chi connectivity index (χ1) is 8.95. The molecule has 1 aliphatic rings. The summed E-state index contributed by atoms with van der Waals surface area (Å²) in [6.45, 7) is 8.85. The Hall–Kier alpha value is -0.170. The fourth-order valence-corrected chi connectivity index (χ4v) is 4.02. The topological polar surface area (TPSA) is 58.6 Å². The summed E-state index contributed by atoms with van der Waals surface area (Å²) in [5.74, 6) is 0.250. The molecule has 0 bridgehead atoms. The van der Waals surface area contributed by atoms with Crippen LogP contribution in [0, 0.1) is 0 Å². The van der Waals surface area contributed by atoms with Crippen LogP contribution in [0.2, 0.25) is 0 Å². The minimum absolute atomic E-state index is 0.00949. The van der Waals surface area contributed by atoms with Gasteiger partial charge in [-0.25, -0.2) is 8.42 Å². The summed E-state index contributed by atoms with van der Waals surface area (Å²) in [6, 6.07) is 0. The first-order valence-electron chi connectivity index (χ1n) is 7.29. The van der Waals surface area contributed by atoms with E-state index >= 15 is 0 Å². The van der Waals surface area contributed by atoms with Gasteiger partial charge >= 0.3 is 0 Å². The van der Waals surface area contributed by atoms with Crippen LogP contribution in [-0.2, 0) is 14.8 Å². The van der Waals surface area contributed by atoms with Gasteiger partial charge in [-0.15, -0.1) is 0 Å². The van der Waals surface area contributed by atoms with E-state index in [4.69, 9.17) is 4.74 Å². The number of rotatable bonds is 8. The van der Waals surface area contributed by atoms with E-state index in [1.165, 1.54) is 0 Å². The van der Waals surface area contributed by atoms with E-state index in [1.807, 2.05) is 13.8 Å². The van der Waals surface area contributed by atoms with E-state index in [0.29, 0.717) is 13.1 Å². The number of hydrogen-bond acceptors (Lipinski definition) is 4. The predicted molar refractivity (Wildman–Crippen MR) is 77.8 cm³/mol. The van der Waals surface area contributed by atoms with Crippen molar-refractivity contribution in [2.45, 2.75) is 52.2 Å². The molecule has 0 aromatic rings. The second-order valence-corrected chi connectivity index (χ2v) is 7.44. The summed E-state index contributed by atoms with van der Waals surface area (Å²) in [7, 11) is -3.12. The molecule has 0 unspecified atom stereocenters. The lowest BCUT2D eigenvalue weighted by Gasteiger charge is -2.34. The van der Waals surface area contributed by atoms with E-state index < -0.39 is 10.0 Å². The number of ether oxygens (including phenoxy) is 1. The zero-order valence-corrected chi connectivity index (χ0v) is 13.2. The average molecular weight is 292 g/mol. The lowest BCUT2D eigenvalue weighted by molar-refractivity contribution is -0.0440. The third-order valence-corrected chi connectivity index (χ3v) is 5.10. The van der Waals surface area contributed by atoms with Gasteiger partial charge in [-0.1, -0.05) is 6.92 Å². The van der Waals surface area contributed by atoms with Gasteiger partial charge in [0, 0.05) is 13.1 Å². The van der Waals surface area contributed by atoms with E-state index in [0.717, 1.165) is 32.4 Å². The van der Waals surface area contributed by atoms with E-state index in [1.54, 1.807) is 4.31 Å². The zero-order valence-electron chi connectivity index (χ0n) is 12.4. The molecule has 0 spiro atoms. The SMILES string of the molecule is CCCNCCCCS(=O)(=O)N1C[C@@H](C)O[C@@H](C)C1. The highest BCUT2D eigenvalue weighted by Gasteiger charge is 2.30. The van der Waals surface area contributed by atoms with Crippen LogP contribution < -0.4 is 5.32 Å². The Balaban J connectivity index is 2.30. The van der Waals surface area contributed by atoms with Crippen molar-refractivity contribution in [3.63, 3.8) is 0 Å². The van der Waals surface area contributed by atoms with Crippen molar-refractivity contribution in [1.82, 2.24) is 9.62 Å². The van der Waals surface area contributed by atoms with Crippen molar-refractivity contribution in [3.05, 3.63) is 0 Å². The molecule has 0 aromatic heterocycles. The maximum absolute atomic E-state index is 12.2. The molecule has 0 aromatic carbocycles. The number of nitrogens with zero attached hydrogens (tertiary/aromatic N) is 1. The molecule has 1 aliphatic heterocycles. The first-order valence-corrected chi connectivity index (χ1v) is 8.90. The van der Waals surface area contributed by atoms with Crippen molar-refractivity contribution in [2.75, 3.05) is 31.9 Å². The monoisotopic (exact) mass is 292 g/mol. The Bertz CT molecular complexity index is 336. The van der Waals surface area contributed by atoms with Crippen molar-refractivity contribution < 1.29 is 13.2 Å². The van der Waals surface area contributed by atoms with Gasteiger partial charge in [0.15, 0.2) is 0 Å². The summed E-state index contributed by atoms with van der Waals surface area (Å²) in [5, 5.41) is 3.29. The van der Waals surface area contributed by atoms with Gasteiger partial charge in [0.1, 0.15) is 0 Å². The lowest BCUT2D eigenvalue weighted by Crippen LogP contribution is -2.48. The Morgan fingerprint density at radius 3 is 2.37 bits per heavy atom. The summed E-state index contributed by atoms with van der Waals surface area (Å²) >= 11 is 0. The molecule has 6 heteroatoms. The average Bonchev–Trinajstić information content (AvgIpc) is 2.32. The maximum Gasteiger partial charge on any atom is 0.214 e. The summed E-state index contributed by atoms with van der Waals surface area (Å²) < 4.78 is 31.6. The van der Waals surface area contributed by atoms with Gasteiger partial charge in [-0.3, -0.25) is 0 Å². The molecule has 0 aliphatic carbocycles. The molecule has 0 amide bonds. The van der Waals surface area contributed by atoms with Gasteiger partial charge in [0.2, 0.25) is 10.0 Å². The van der Waals surface area contributed by atoms with Crippen LogP contribution in [0.1, 0.15) is 40.0 Å². The number of unbranched alkanes of at least 4 members (excludes halogenated alkanes) is 1. The van der Waals surface area contributed by atoms with E-state index in [9.17, 15) is 8.42 Å². The first kappa shape index (κ1) is 16.9. The Morgan fingerprint density at radius 2 is 1.79 bits per heavy atom. The largest absolute Gasteiger partial charge is 0.373 e. The van der Waals surface area contributed by atoms with Crippen LogP contribution in [0.4, 0.5) is 0 Å². The summed E-state index contributed by atoms with van der Waals surface area (Å²) in [6.07, 6.45) is 2.73. The number of sulfonamides is 1. The molecule has 114 valence electrons. The highest BCUT2D eigenvalue weighted by atomic mass is 32.2. The van der Waals surface area contributed by atoms with E-state index in [-0.39, 0.29) is 18.0 Å². The highest BCUT2D eigenvalue weighted by Crippen LogP contribution is 2.15. The fraction of sp³-hybridized carbons (Fsp3) is 1.00. The lowest BCUT2D eigenvalue weighted by atomic mass is 10.3. The van der Waals surface area contributed by atoms with Gasteiger partial charge in [0.05, 0.1) is 18.0 Å². The molecule has 1 saturated heterocycles. The standard InChI is InChI=1S/C13H28N2O3S/c1-4-7-14-8-5-6-9-19(16,17)15-10-12(2)18-13(3)11-15/h12-14H,4-11H2,1-3H3/t12-,13+. The Morgan fingerprint density at radius 1 is 1.16 bits per heavy atom. The van der Waals surface area contributed by atoms with Gasteiger partial charge in [0.25, 0.3) is 0 Å². The molecule has 1 heterocycles. The summed E-state index contributed by atoms with van der Waals surface area (Å²) in [5.41, 5.74) is 0. The van der Waals surface area contributed by atoms with Gasteiger partial charge < -0.3 is 10.1 Å². The predicted octanol–water partition coefficient (Wildman–Crippen LogP) is 1.21. The molecule has 1 N–H and O–H groups in total. The van der Waals surface area contributed by atoms with Crippen molar-refractivity contribution in [3.8, 4) is 0 Å². The Labute approximate surface area is 117 Å². The third kappa shape index (κ3) is 6.21. The van der Waals surface area contributed by atoms with Crippen molar-refractivity contribution in [1.29, 1.82) is 0 Å². The minimum atomic E-state index is -3.12. The number of nitrogens with one attached hydrogen (secondary N) is 1. The molecule has 5 nitrogen and oxygen atoms in total. The van der Waals surface area contributed by atoms with Crippen LogP contribution in [-0.4, -0.2) is 56.9 Å². The van der Waals surface area contributed by atoms with Crippen LogP contribution in [0.15, 0.2) is 0 Å². The smallest absolute Gasteiger partial charge is 0.214 e. The summed E-state index contributed by atoms with van der Waals surface area (Å²) in [4.78, 5) is 0. The van der Waals surface area contributed by atoms with Crippen LogP contribution in [0.3, 0.4) is 0 Å². The molecular weight excluding hydrogens is 264 g/mol. The van der Waals surface area contributed by atoms with Crippen LogP contribution in [0.5, 0.6) is 0 Å². The quantitative estimate of drug-likeness (QED) is 0.683. The van der Waals surface area contributed by atoms with E-state index in [2.05, 4.69) is 12.2 Å². The second kappa shape index (κ2) is 8.19. The van der Waals surface area contributed by atoms with Crippen molar-refractivity contribution in [2.24, 2.45) is 0 Å². The fourth-order valence-electron chi connectivity index (χ4n) is 2.32. The van der Waals surface area contributed by atoms with Crippen LogP contribution >= 0.6 is 0 Å². The molecular formula is C13H28N2O3S.